The number of carbonyl (C=O) groups excluding carboxylic acids is 4. The molecule has 2 aromatic heterocycles. The first-order valence-electron chi connectivity index (χ1n) is 23.1. The Labute approximate surface area is 420 Å². The normalized spacial score (nSPS) is 16.2. The van der Waals surface area contributed by atoms with Gasteiger partial charge in [-0.25, -0.2) is 9.97 Å². The van der Waals surface area contributed by atoms with E-state index in [0.717, 1.165) is 43.9 Å². The highest BCUT2D eigenvalue weighted by Crippen LogP contribution is 2.40. The summed E-state index contributed by atoms with van der Waals surface area (Å²) in [6, 6.07) is 23.4. The molecule has 2 saturated heterocycles. The number of rotatable bonds is 17. The number of halogens is 3. The van der Waals surface area contributed by atoms with Crippen LogP contribution in [0.25, 0.3) is 21.6 Å². The number of nitriles is 1. The molecule has 3 aromatic carbocycles. The molecule has 2 N–H and O–H groups in total. The van der Waals surface area contributed by atoms with E-state index in [0.29, 0.717) is 69.5 Å². The molecule has 2 aliphatic heterocycles. The number of ether oxygens (including phenoxy) is 2. The molecular formula is C52H55F3N8O6S2. The van der Waals surface area contributed by atoms with Gasteiger partial charge in [-0.1, -0.05) is 69.3 Å². The molecule has 0 radical (unpaired) electrons. The number of thiazole rings is 1. The number of likely N-dealkylation sites (tertiary alicyclic amines) is 1. The van der Waals surface area contributed by atoms with Crippen LogP contribution in [0.1, 0.15) is 82.8 Å². The number of pyridine rings is 1. The van der Waals surface area contributed by atoms with Gasteiger partial charge >= 0.3 is 6.18 Å². The second kappa shape index (κ2) is 21.7. The van der Waals surface area contributed by atoms with Crippen molar-refractivity contribution in [1.29, 1.82) is 5.26 Å². The van der Waals surface area contributed by atoms with Crippen LogP contribution in [0.5, 0.6) is 5.75 Å². The van der Waals surface area contributed by atoms with Crippen LogP contribution in [0.3, 0.4) is 0 Å². The van der Waals surface area contributed by atoms with Gasteiger partial charge in [-0.15, -0.1) is 11.3 Å². The van der Waals surface area contributed by atoms with Crippen molar-refractivity contribution in [3.63, 3.8) is 0 Å². The van der Waals surface area contributed by atoms with Crippen LogP contribution in [-0.2, 0) is 36.6 Å². The van der Waals surface area contributed by atoms with E-state index in [1.54, 1.807) is 47.1 Å². The summed E-state index contributed by atoms with van der Waals surface area (Å²) in [7, 11) is 0. The fourth-order valence-corrected chi connectivity index (χ4v) is 9.86. The standard InChI is InChI=1S/C52H55F3N8O6S2/c1-32-44(71-31-59-32)36-13-11-33(12-14-36)28-58-46(65)42-10-9-23-61(42)47(66)45(50(2,3)4)60-43(64)30-68-24-7-8-25-69-39-21-17-35(18-22-39)34-15-19-37(20-16-34)63-49(70)62(48(67)51(63,5)6)38-26-40(52(53,54)55)41(27-56)57-29-38/h11-22,26,29,31,42,45H,7-10,23-25,28,30H2,1-6H3,(H,58,65)(H,60,64)/t42-,45+/m0/s1. The highest BCUT2D eigenvalue weighted by Gasteiger charge is 2.51. The molecule has 5 aromatic rings. The largest absolute Gasteiger partial charge is 0.494 e. The maximum Gasteiger partial charge on any atom is 0.419 e. The molecular weight excluding hydrogens is 954 g/mol. The van der Waals surface area contributed by atoms with E-state index in [-0.39, 0.29) is 29.2 Å². The first-order chi connectivity index (χ1) is 33.7. The van der Waals surface area contributed by atoms with Gasteiger partial charge in [-0.05, 0) is 117 Å². The zero-order valence-electron chi connectivity index (χ0n) is 40.3. The number of aromatic nitrogens is 2. The molecule has 19 heteroatoms. The average Bonchev–Trinajstić information content (AvgIpc) is 4.05. The summed E-state index contributed by atoms with van der Waals surface area (Å²) in [5, 5.41) is 15.0. The van der Waals surface area contributed by atoms with Crippen LogP contribution >= 0.6 is 23.6 Å². The molecule has 14 nitrogen and oxygen atoms in total. The molecule has 4 heterocycles. The molecule has 0 unspecified atom stereocenters. The van der Waals surface area contributed by atoms with Crippen molar-refractivity contribution < 1.29 is 41.8 Å². The number of alkyl halides is 3. The van der Waals surface area contributed by atoms with E-state index in [2.05, 4.69) is 20.6 Å². The van der Waals surface area contributed by atoms with Crippen LogP contribution in [0, 0.1) is 23.7 Å². The van der Waals surface area contributed by atoms with Crippen molar-refractivity contribution in [2.75, 3.05) is 36.2 Å². The Morgan fingerprint density at radius 3 is 2.21 bits per heavy atom. The molecule has 71 heavy (non-hydrogen) atoms. The fraction of sp³-hybridized carbons (Fsp3) is 0.385. The van der Waals surface area contributed by atoms with Crippen molar-refractivity contribution >= 4 is 63.7 Å². The van der Waals surface area contributed by atoms with Gasteiger partial charge in [0, 0.05) is 25.4 Å². The Hall–Kier alpha value is -6.75. The molecule has 4 amide bonds. The van der Waals surface area contributed by atoms with E-state index in [9.17, 15) is 37.6 Å². The van der Waals surface area contributed by atoms with Crippen molar-refractivity contribution in [1.82, 2.24) is 25.5 Å². The Bertz CT molecular complexity index is 2810. The lowest BCUT2D eigenvalue weighted by atomic mass is 9.85. The van der Waals surface area contributed by atoms with Gasteiger partial charge in [0.25, 0.3) is 5.91 Å². The summed E-state index contributed by atoms with van der Waals surface area (Å²) < 4.78 is 52.8. The number of thiocarbonyl (C=S) groups is 1. The van der Waals surface area contributed by atoms with Crippen LogP contribution in [0.4, 0.5) is 24.5 Å². The number of aryl methyl sites for hydroxylation is 1. The first kappa shape index (κ1) is 52.1. The number of hydrogen-bond donors (Lipinski definition) is 2. The lowest BCUT2D eigenvalue weighted by Gasteiger charge is -2.35. The van der Waals surface area contributed by atoms with Crippen LogP contribution in [0.15, 0.2) is 90.6 Å². The number of unbranched alkanes of at least 4 members (excludes halogenated alkanes) is 1. The minimum Gasteiger partial charge on any atom is -0.494 e. The molecule has 372 valence electrons. The highest BCUT2D eigenvalue weighted by atomic mass is 32.1. The van der Waals surface area contributed by atoms with E-state index < -0.39 is 52.3 Å². The molecule has 0 aliphatic carbocycles. The fourth-order valence-electron chi connectivity index (χ4n) is 8.53. The summed E-state index contributed by atoms with van der Waals surface area (Å²) in [6.07, 6.45) is -1.33. The quantitative estimate of drug-likeness (QED) is 0.0673. The predicted molar refractivity (Wildman–Crippen MR) is 268 cm³/mol. The second-order valence-electron chi connectivity index (χ2n) is 18.9. The predicted octanol–water partition coefficient (Wildman–Crippen LogP) is 9.00. The SMILES string of the molecule is Cc1ncsc1-c1ccc(CNC(=O)[C@@H]2CCCN2C(=O)[C@@H](NC(=O)COCCCCOc2ccc(-c3ccc(N4C(=S)N(c5cnc(C#N)c(C(F)(F)F)c5)C(=O)C4(C)C)cc3)cc2)C(C)(C)C)cc1. The van der Waals surface area contributed by atoms with E-state index >= 15 is 0 Å². The highest BCUT2D eigenvalue weighted by molar-refractivity contribution is 7.81. The zero-order chi connectivity index (χ0) is 51.3. The van der Waals surface area contributed by atoms with Gasteiger partial charge in [0.2, 0.25) is 17.7 Å². The molecule has 0 spiro atoms. The molecule has 2 aliphatic rings. The van der Waals surface area contributed by atoms with Gasteiger partial charge in [0.1, 0.15) is 36.0 Å². The van der Waals surface area contributed by atoms with Crippen LogP contribution in [-0.4, -0.2) is 87.6 Å². The minimum atomic E-state index is -4.86. The summed E-state index contributed by atoms with van der Waals surface area (Å²) in [4.78, 5) is 67.3. The van der Waals surface area contributed by atoms with Gasteiger partial charge < -0.3 is 29.9 Å². The number of benzene rings is 3. The molecule has 7 rings (SSSR count). The summed E-state index contributed by atoms with van der Waals surface area (Å²) in [5.41, 5.74) is 2.97. The van der Waals surface area contributed by atoms with E-state index in [1.165, 1.54) is 6.07 Å². The summed E-state index contributed by atoms with van der Waals surface area (Å²) >= 11 is 7.23. The summed E-state index contributed by atoms with van der Waals surface area (Å²) in [6.45, 7) is 12.1. The molecule has 0 saturated carbocycles. The van der Waals surface area contributed by atoms with Gasteiger partial charge in [0.15, 0.2) is 10.8 Å². The Kier molecular flexibility index (Phi) is 15.9. The Morgan fingerprint density at radius 2 is 1.59 bits per heavy atom. The Morgan fingerprint density at radius 1 is 0.944 bits per heavy atom. The van der Waals surface area contributed by atoms with Crippen LogP contribution in [0.2, 0.25) is 0 Å². The third kappa shape index (κ3) is 11.9. The number of amides is 4. The number of carbonyl (C=O) groups is 4. The number of nitrogens with zero attached hydrogens (tertiary/aromatic N) is 6. The van der Waals surface area contributed by atoms with Crippen molar-refractivity contribution in [2.45, 2.75) is 97.6 Å². The maximum atomic E-state index is 14.0. The van der Waals surface area contributed by atoms with Gasteiger partial charge in [-0.2, -0.15) is 18.4 Å². The zero-order valence-corrected chi connectivity index (χ0v) is 41.9. The lowest BCUT2D eigenvalue weighted by molar-refractivity contribution is -0.144. The third-order valence-corrected chi connectivity index (χ3v) is 13.7. The molecule has 2 atom stereocenters. The van der Waals surface area contributed by atoms with Crippen molar-refractivity contribution in [2.24, 2.45) is 5.41 Å². The average molecular weight is 1010 g/mol. The molecule has 2 fully saturated rings. The smallest absolute Gasteiger partial charge is 0.419 e. The maximum absolute atomic E-state index is 14.0. The summed E-state index contributed by atoms with van der Waals surface area (Å²) in [5.74, 6) is -0.842. The monoisotopic (exact) mass is 1010 g/mol. The molecule has 0 bridgehead atoms. The number of anilines is 2. The topological polar surface area (TPSA) is 170 Å². The lowest BCUT2D eigenvalue weighted by Crippen LogP contribution is -2.58. The third-order valence-electron chi connectivity index (χ3n) is 12.4. The number of nitrogens with one attached hydrogen (secondary N) is 2. The van der Waals surface area contributed by atoms with E-state index in [1.807, 2.05) is 93.9 Å². The van der Waals surface area contributed by atoms with Crippen molar-refractivity contribution in [3.05, 3.63) is 113 Å². The Balaban J connectivity index is 0.833. The first-order valence-corrected chi connectivity index (χ1v) is 24.4. The van der Waals surface area contributed by atoms with Gasteiger partial charge in [0.05, 0.1) is 40.1 Å². The minimum absolute atomic E-state index is 0.0304. The van der Waals surface area contributed by atoms with Gasteiger partial charge in [-0.3, -0.25) is 24.1 Å². The van der Waals surface area contributed by atoms with Crippen LogP contribution < -0.4 is 25.2 Å². The van der Waals surface area contributed by atoms with Crippen molar-refractivity contribution in [3.8, 4) is 33.4 Å². The number of hydrogen-bond acceptors (Lipinski definition) is 11. The van der Waals surface area contributed by atoms with E-state index in [4.69, 9.17) is 21.7 Å². The second-order valence-corrected chi connectivity index (χ2v) is 20.2.